The predicted octanol–water partition coefficient (Wildman–Crippen LogP) is 3.13. The van der Waals surface area contributed by atoms with Gasteiger partial charge in [-0.15, -0.1) is 0 Å². The molecule has 9 rings (SSSR count). The van der Waals surface area contributed by atoms with Gasteiger partial charge in [-0.1, -0.05) is 44.2 Å². The van der Waals surface area contributed by atoms with Crippen molar-refractivity contribution in [1.82, 2.24) is 14.8 Å². The van der Waals surface area contributed by atoms with Gasteiger partial charge in [0.05, 0.1) is 38.7 Å². The van der Waals surface area contributed by atoms with Crippen LogP contribution in [0.25, 0.3) is 10.9 Å². The van der Waals surface area contributed by atoms with Crippen LogP contribution in [0.2, 0.25) is 0 Å². The van der Waals surface area contributed by atoms with Gasteiger partial charge in [0.2, 0.25) is 12.0 Å². The van der Waals surface area contributed by atoms with Crippen molar-refractivity contribution in [3.05, 3.63) is 70.9 Å². The molecule has 1 spiro atoms. The van der Waals surface area contributed by atoms with Gasteiger partial charge in [-0.3, -0.25) is 24.2 Å². The number of H-pyrrole nitrogens is 1. The van der Waals surface area contributed by atoms with Gasteiger partial charge in [-0.05, 0) is 67.8 Å². The zero-order valence-corrected chi connectivity index (χ0v) is 34.6. The Morgan fingerprint density at radius 1 is 1.00 bits per heavy atom. The summed E-state index contributed by atoms with van der Waals surface area (Å²) in [7, 11) is 4.07. The summed E-state index contributed by atoms with van der Waals surface area (Å²) in [5, 5.41) is 26.1. The molecule has 6 aliphatic rings. The molecular formula is C45H54N4O10. The first kappa shape index (κ1) is 39.7. The molecule has 1 aliphatic carbocycles. The first-order chi connectivity index (χ1) is 28.2. The van der Waals surface area contributed by atoms with Crippen LogP contribution in [0.15, 0.2) is 48.6 Å². The highest BCUT2D eigenvalue weighted by atomic mass is 16.6. The van der Waals surface area contributed by atoms with E-state index >= 15 is 4.79 Å². The van der Waals surface area contributed by atoms with E-state index in [0.717, 1.165) is 16.5 Å². The zero-order valence-electron chi connectivity index (χ0n) is 34.6. The average Bonchev–Trinajstić information content (AvgIpc) is 3.90. The highest BCUT2D eigenvalue weighted by Crippen LogP contribution is 2.67. The molecule has 1 aromatic heterocycles. The number of hydrogen-bond donors (Lipinski definition) is 3. The topological polar surface area (TPSA) is 171 Å². The number of nitrogens with zero attached hydrogens (tertiary/aromatic N) is 3. The summed E-state index contributed by atoms with van der Waals surface area (Å²) in [5.74, 6) is -2.09. The Kier molecular flexibility index (Phi) is 9.17. The molecular weight excluding hydrogens is 757 g/mol. The standard InChI is InChI=1S/C45H54N4O10/c1-7-42(54)21-27-22-44(39(52)57-5,35-29(13-17-47(23-27)24-42)28-11-8-9-12-32(28)46-35)31-19-30-33(20-34(31)56-4)49(25-50)37-43(30)15-18-48-16-10-14-41(3,36(43)48)38(59-26(2)51)45(37,55)40(53)58-6/h8-12,14,19-20,25,27,36-38,46,54-55H,7,13,15-18,21-24H2,1-6H3/t27-,36?,37?,38-,41-,42+,43-,44+,45+/m1/s1. The molecule has 10 atom stereocenters. The molecule has 2 saturated heterocycles. The molecule has 0 radical (unpaired) electrons. The van der Waals surface area contributed by atoms with Gasteiger partial charge in [-0.2, -0.15) is 0 Å². The van der Waals surface area contributed by atoms with E-state index in [1.165, 1.54) is 33.2 Å². The smallest absolute Gasteiger partial charge is 0.344 e. The van der Waals surface area contributed by atoms with E-state index in [0.29, 0.717) is 93.1 Å². The fraction of sp³-hybridized carbons (Fsp3) is 0.556. The van der Waals surface area contributed by atoms with Gasteiger partial charge in [0.1, 0.15) is 11.2 Å². The van der Waals surface area contributed by atoms with Crippen molar-refractivity contribution < 1.29 is 48.3 Å². The van der Waals surface area contributed by atoms with Crippen LogP contribution in [0.5, 0.6) is 5.75 Å². The van der Waals surface area contributed by atoms with Gasteiger partial charge >= 0.3 is 17.9 Å². The van der Waals surface area contributed by atoms with Gasteiger partial charge < -0.3 is 39.0 Å². The maximum atomic E-state index is 15.3. The van der Waals surface area contributed by atoms with Gasteiger partial charge in [0, 0.05) is 78.2 Å². The van der Waals surface area contributed by atoms with Crippen molar-refractivity contribution >= 4 is 40.9 Å². The second-order valence-corrected chi connectivity index (χ2v) is 18.0. The Balaban J connectivity index is 1.37. The number of amides is 1. The number of esters is 3. The number of rotatable bonds is 7. The normalized spacial score (nSPS) is 36.9. The summed E-state index contributed by atoms with van der Waals surface area (Å²) < 4.78 is 23.5. The minimum absolute atomic E-state index is 0.155. The zero-order chi connectivity index (χ0) is 41.9. The number of anilines is 1. The van der Waals surface area contributed by atoms with Crippen molar-refractivity contribution in [1.29, 1.82) is 0 Å². The lowest BCUT2D eigenvalue weighted by Gasteiger charge is -2.62. The molecule has 2 aromatic carbocycles. The quantitative estimate of drug-likeness (QED) is 0.138. The molecule has 59 heavy (non-hydrogen) atoms. The van der Waals surface area contributed by atoms with Crippen LogP contribution in [-0.4, -0.2) is 133 Å². The van der Waals surface area contributed by atoms with Crippen molar-refractivity contribution in [2.24, 2.45) is 11.3 Å². The van der Waals surface area contributed by atoms with E-state index < -0.39 is 63.5 Å². The van der Waals surface area contributed by atoms with Gasteiger partial charge in [0.15, 0.2) is 6.10 Å². The third-order valence-electron chi connectivity index (χ3n) is 15.1. The number of para-hydroxylation sites is 1. The minimum Gasteiger partial charge on any atom is -0.496 e. The molecule has 3 N–H and O–H groups in total. The van der Waals surface area contributed by atoms with E-state index in [2.05, 4.69) is 20.9 Å². The van der Waals surface area contributed by atoms with Crippen molar-refractivity contribution in [2.75, 3.05) is 59.0 Å². The SMILES string of the molecule is CC[C@]1(O)C[C@H]2CN(CCc3c([nH]c4ccccc34)[C@@](C(=O)OC)(c3cc4c(cc3OC)N(C=O)C3[C@]45CCN4CC=C[C@](C)(C45)[C@@H](OC(C)=O)[C@]3(O)C(=O)OC)C2)C1. The number of aliphatic hydroxyl groups is 2. The van der Waals surface area contributed by atoms with Crippen LogP contribution in [-0.2, 0) is 50.6 Å². The maximum absolute atomic E-state index is 15.3. The molecule has 1 saturated carbocycles. The highest BCUT2D eigenvalue weighted by Gasteiger charge is 2.80. The van der Waals surface area contributed by atoms with Crippen LogP contribution in [0.4, 0.5) is 5.69 Å². The largest absolute Gasteiger partial charge is 0.496 e. The van der Waals surface area contributed by atoms with E-state index in [9.17, 15) is 24.6 Å². The number of aromatic nitrogens is 1. The van der Waals surface area contributed by atoms with E-state index in [1.54, 1.807) is 6.07 Å². The van der Waals surface area contributed by atoms with E-state index in [1.807, 2.05) is 50.3 Å². The Morgan fingerprint density at radius 3 is 2.46 bits per heavy atom. The molecule has 3 aromatic rings. The fourth-order valence-corrected chi connectivity index (χ4v) is 13.1. The molecule has 14 heteroatoms. The molecule has 2 bridgehead atoms. The van der Waals surface area contributed by atoms with E-state index in [-0.39, 0.29) is 12.3 Å². The number of piperidine rings is 1. The number of ether oxygens (including phenoxy) is 4. The van der Waals surface area contributed by atoms with Crippen LogP contribution in [0, 0.1) is 11.3 Å². The second-order valence-electron chi connectivity index (χ2n) is 18.0. The Hall–Kier alpha value is -4.76. The number of methoxy groups -OCH3 is 3. The summed E-state index contributed by atoms with van der Waals surface area (Å²) in [5.41, 5.74) is -3.22. The molecule has 14 nitrogen and oxygen atoms in total. The third-order valence-corrected chi connectivity index (χ3v) is 15.1. The molecule has 5 aliphatic heterocycles. The average molecular weight is 811 g/mol. The van der Waals surface area contributed by atoms with E-state index in [4.69, 9.17) is 18.9 Å². The molecule has 1 amide bonds. The number of carbonyl (C=O) groups is 4. The molecule has 314 valence electrons. The molecule has 6 heterocycles. The first-order valence-corrected chi connectivity index (χ1v) is 20.7. The minimum atomic E-state index is -2.53. The summed E-state index contributed by atoms with van der Waals surface area (Å²) in [6.07, 6.45) is 5.34. The highest BCUT2D eigenvalue weighted by molar-refractivity contribution is 5.96. The number of fused-ring (bicyclic) bond motifs is 6. The third kappa shape index (κ3) is 5.18. The monoisotopic (exact) mass is 810 g/mol. The summed E-state index contributed by atoms with van der Waals surface area (Å²) in [6, 6.07) is 9.92. The van der Waals surface area contributed by atoms with Gasteiger partial charge in [-0.25, -0.2) is 4.79 Å². The Labute approximate surface area is 343 Å². The van der Waals surface area contributed by atoms with Crippen LogP contribution >= 0.6 is 0 Å². The van der Waals surface area contributed by atoms with Crippen molar-refractivity contribution in [3.63, 3.8) is 0 Å². The molecule has 3 fully saturated rings. The van der Waals surface area contributed by atoms with Gasteiger partial charge in [0.25, 0.3) is 0 Å². The Bertz CT molecular complexity index is 2290. The maximum Gasteiger partial charge on any atom is 0.344 e. The molecule has 3 unspecified atom stereocenters. The number of carbonyl (C=O) groups excluding carboxylic acids is 4. The number of aromatic amines is 1. The van der Waals surface area contributed by atoms with Crippen LogP contribution < -0.4 is 9.64 Å². The number of hydrogen-bond acceptors (Lipinski definition) is 12. The summed E-state index contributed by atoms with van der Waals surface area (Å²) in [6.45, 7) is 8.06. The lowest BCUT2D eigenvalue weighted by Crippen LogP contribution is -2.81. The lowest BCUT2D eigenvalue weighted by molar-refractivity contribution is -0.225. The summed E-state index contributed by atoms with van der Waals surface area (Å²) in [4.78, 5) is 65.7. The first-order valence-electron chi connectivity index (χ1n) is 20.7. The second kappa shape index (κ2) is 13.6. The Morgan fingerprint density at radius 2 is 1.76 bits per heavy atom. The van der Waals surface area contributed by atoms with Crippen LogP contribution in [0.1, 0.15) is 68.8 Å². The predicted molar refractivity (Wildman–Crippen MR) is 216 cm³/mol. The summed E-state index contributed by atoms with van der Waals surface area (Å²) >= 11 is 0. The lowest BCUT2D eigenvalue weighted by atomic mass is 9.49. The fourth-order valence-electron chi connectivity index (χ4n) is 13.1. The van der Waals surface area contributed by atoms with Crippen molar-refractivity contribution in [2.45, 2.75) is 93.1 Å². The van der Waals surface area contributed by atoms with Crippen LogP contribution in [0.3, 0.4) is 0 Å². The van der Waals surface area contributed by atoms with Crippen molar-refractivity contribution in [3.8, 4) is 5.75 Å². The number of nitrogens with one attached hydrogen (secondary N) is 1. The number of benzene rings is 2.